The number of ether oxygens (including phenoxy) is 1. The summed E-state index contributed by atoms with van der Waals surface area (Å²) in [6.45, 7) is 2.27. The number of halogens is 4. The number of hydrogen-bond donors (Lipinski definition) is 3. The Bertz CT molecular complexity index is 2490. The standard InChI is InChI=1S/C37H35Cl2F2N9O4/c1-48-32-26(34(51)49(2)36(48)53)30(45-31(46-32)29(40)41)43-22-9-5-7-20(28(22)39)19-6-4-8-21(27(19)38)23-16-18-10-11-24(25(18)33(44-23)54-3)50-15-13-37(17-50)12-14-42-35(52)47-37/h4-9,16,24,29H,10-15,17H2,1-3H3,(H2,42,47,52)(H,43,45,46)/t24-,37-/m0/s1. The number of rotatable bonds is 7. The number of likely N-dealkylation sites (tertiary alicyclic amines) is 1. The fourth-order valence-electron chi connectivity index (χ4n) is 8.05. The van der Waals surface area contributed by atoms with Gasteiger partial charge >= 0.3 is 11.7 Å². The smallest absolute Gasteiger partial charge is 0.332 e. The second-order valence-corrected chi connectivity index (χ2v) is 14.6. The number of pyridine rings is 1. The molecule has 3 N–H and O–H groups in total. The van der Waals surface area contributed by atoms with Gasteiger partial charge in [0.1, 0.15) is 11.2 Å². The molecular weight excluding hydrogens is 743 g/mol. The second-order valence-electron chi connectivity index (χ2n) is 13.9. The van der Waals surface area contributed by atoms with Gasteiger partial charge in [-0.05, 0) is 43.4 Å². The number of fused-ring (bicyclic) bond motifs is 2. The molecule has 0 unspecified atom stereocenters. The average molecular weight is 779 g/mol. The summed E-state index contributed by atoms with van der Waals surface area (Å²) < 4.78 is 35.6. The van der Waals surface area contributed by atoms with Gasteiger partial charge < -0.3 is 20.7 Å². The summed E-state index contributed by atoms with van der Waals surface area (Å²) in [4.78, 5) is 53.1. The van der Waals surface area contributed by atoms with Crippen LogP contribution in [0.5, 0.6) is 5.88 Å². The normalized spacial score (nSPS) is 19.7. The number of methoxy groups -OCH3 is 1. The number of amides is 2. The average Bonchev–Trinajstić information content (AvgIpc) is 3.77. The first-order valence-corrected chi connectivity index (χ1v) is 18.1. The minimum Gasteiger partial charge on any atom is -0.481 e. The van der Waals surface area contributed by atoms with Crippen LogP contribution < -0.4 is 31.9 Å². The van der Waals surface area contributed by atoms with Crippen LogP contribution in [0.3, 0.4) is 0 Å². The van der Waals surface area contributed by atoms with Crippen LogP contribution >= 0.6 is 23.2 Å². The molecule has 2 saturated heterocycles. The maximum Gasteiger partial charge on any atom is 0.332 e. The Morgan fingerprint density at radius 2 is 1.72 bits per heavy atom. The summed E-state index contributed by atoms with van der Waals surface area (Å²) in [5, 5.41) is 9.37. The Kier molecular flexibility index (Phi) is 9.05. The Morgan fingerprint density at radius 1 is 0.981 bits per heavy atom. The summed E-state index contributed by atoms with van der Waals surface area (Å²) in [6.07, 6.45) is 0.395. The first kappa shape index (κ1) is 35.9. The Balaban J connectivity index is 1.14. The number of hydrogen-bond acceptors (Lipinski definition) is 9. The van der Waals surface area contributed by atoms with Gasteiger partial charge in [0.2, 0.25) is 5.88 Å². The number of benzene rings is 2. The number of aryl methyl sites for hydroxylation is 2. The molecule has 13 nitrogen and oxygen atoms in total. The second kappa shape index (κ2) is 13.6. The van der Waals surface area contributed by atoms with Gasteiger partial charge in [0.25, 0.3) is 12.0 Å². The van der Waals surface area contributed by atoms with E-state index in [9.17, 15) is 23.2 Å². The van der Waals surface area contributed by atoms with Crippen LogP contribution in [0.1, 0.15) is 48.7 Å². The van der Waals surface area contributed by atoms with E-state index in [1.165, 1.54) is 14.1 Å². The molecule has 5 aromatic rings. The molecule has 0 bridgehead atoms. The van der Waals surface area contributed by atoms with Crippen molar-refractivity contribution in [1.82, 2.24) is 39.6 Å². The van der Waals surface area contributed by atoms with Crippen molar-refractivity contribution in [2.45, 2.75) is 43.7 Å². The summed E-state index contributed by atoms with van der Waals surface area (Å²) >= 11 is 14.1. The molecule has 280 valence electrons. The van der Waals surface area contributed by atoms with Crippen molar-refractivity contribution in [3.05, 3.63) is 90.3 Å². The molecule has 3 aromatic heterocycles. The van der Waals surface area contributed by atoms with Crippen molar-refractivity contribution in [3.8, 4) is 28.3 Å². The Labute approximate surface area is 317 Å². The topological polar surface area (TPSA) is 148 Å². The van der Waals surface area contributed by atoms with Crippen LogP contribution in [0.4, 0.5) is 25.1 Å². The maximum absolute atomic E-state index is 13.9. The van der Waals surface area contributed by atoms with Gasteiger partial charge in [-0.2, -0.15) is 0 Å². The van der Waals surface area contributed by atoms with Crippen LogP contribution in [0.2, 0.25) is 10.0 Å². The molecular formula is C37H35Cl2F2N9O4. The van der Waals surface area contributed by atoms with Crippen molar-refractivity contribution >= 4 is 51.8 Å². The van der Waals surface area contributed by atoms with E-state index < -0.39 is 23.5 Å². The van der Waals surface area contributed by atoms with E-state index in [0.29, 0.717) is 39.8 Å². The fraction of sp³-hybridized carbons (Fsp3) is 0.351. The lowest BCUT2D eigenvalue weighted by Crippen LogP contribution is -2.59. The van der Waals surface area contributed by atoms with Gasteiger partial charge in [-0.1, -0.05) is 53.5 Å². The number of anilines is 2. The molecule has 2 amide bonds. The predicted octanol–water partition coefficient (Wildman–Crippen LogP) is 5.89. The van der Waals surface area contributed by atoms with Gasteiger partial charge in [0.15, 0.2) is 11.5 Å². The molecule has 2 fully saturated rings. The van der Waals surface area contributed by atoms with Crippen LogP contribution in [-0.2, 0) is 20.5 Å². The first-order chi connectivity index (χ1) is 25.9. The van der Waals surface area contributed by atoms with Gasteiger partial charge in [0.05, 0.1) is 34.1 Å². The lowest BCUT2D eigenvalue weighted by Gasteiger charge is -2.36. The van der Waals surface area contributed by atoms with Crippen molar-refractivity contribution in [3.63, 3.8) is 0 Å². The highest BCUT2D eigenvalue weighted by Gasteiger charge is 2.45. The van der Waals surface area contributed by atoms with Crippen molar-refractivity contribution in [2.24, 2.45) is 14.1 Å². The number of nitrogens with zero attached hydrogens (tertiary/aromatic N) is 6. The molecule has 8 rings (SSSR count). The first-order valence-electron chi connectivity index (χ1n) is 17.4. The van der Waals surface area contributed by atoms with Gasteiger partial charge in [-0.15, -0.1) is 0 Å². The summed E-state index contributed by atoms with van der Waals surface area (Å²) in [5.74, 6) is -0.572. The molecule has 0 saturated carbocycles. The van der Waals surface area contributed by atoms with Crippen LogP contribution in [0.25, 0.3) is 33.4 Å². The molecule has 1 aliphatic carbocycles. The quantitative estimate of drug-likeness (QED) is 0.184. The molecule has 0 radical (unpaired) electrons. The number of alkyl halides is 2. The van der Waals surface area contributed by atoms with Gasteiger partial charge in [-0.25, -0.2) is 33.3 Å². The third-order valence-corrected chi connectivity index (χ3v) is 11.6. The fourth-order valence-corrected chi connectivity index (χ4v) is 8.65. The highest BCUT2D eigenvalue weighted by molar-refractivity contribution is 6.39. The minimum absolute atomic E-state index is 0.104. The van der Waals surface area contributed by atoms with E-state index in [-0.39, 0.29) is 45.2 Å². The number of carbonyl (C=O) groups is 1. The predicted molar refractivity (Wildman–Crippen MR) is 201 cm³/mol. The third-order valence-electron chi connectivity index (χ3n) is 10.7. The van der Waals surface area contributed by atoms with E-state index in [1.54, 1.807) is 31.4 Å². The molecule has 17 heteroatoms. The monoisotopic (exact) mass is 777 g/mol. The summed E-state index contributed by atoms with van der Waals surface area (Å²) in [7, 11) is 4.22. The van der Waals surface area contributed by atoms with E-state index >= 15 is 0 Å². The van der Waals surface area contributed by atoms with Crippen LogP contribution in [-0.4, -0.2) is 67.3 Å². The van der Waals surface area contributed by atoms with Crippen molar-refractivity contribution < 1.29 is 18.3 Å². The zero-order valence-electron chi connectivity index (χ0n) is 29.5. The Morgan fingerprint density at radius 3 is 2.46 bits per heavy atom. The Hall–Kier alpha value is -5.12. The van der Waals surface area contributed by atoms with Gasteiger partial charge in [0, 0.05) is 62.0 Å². The SMILES string of the molecule is COc1nc(-c2cccc(-c3cccc(Nc4nc(C(F)F)nc5c4c(=O)n(C)c(=O)n5C)c3Cl)c2Cl)cc2c1[C@@H](N1CC[C@@]3(CCNC(=O)N3)C1)CC2. The molecule has 5 heterocycles. The third kappa shape index (κ3) is 5.94. The maximum atomic E-state index is 13.9. The van der Waals surface area contributed by atoms with E-state index in [0.717, 1.165) is 59.0 Å². The zero-order chi connectivity index (χ0) is 38.1. The molecule has 1 spiro atoms. The summed E-state index contributed by atoms with van der Waals surface area (Å²) in [5.41, 5.74) is 2.82. The highest BCUT2D eigenvalue weighted by Crippen LogP contribution is 2.47. The summed E-state index contributed by atoms with van der Waals surface area (Å²) in [6, 6.07) is 12.6. The number of nitrogens with one attached hydrogen (secondary N) is 3. The molecule has 3 aliphatic rings. The largest absolute Gasteiger partial charge is 0.481 e. The van der Waals surface area contributed by atoms with Crippen molar-refractivity contribution in [1.29, 1.82) is 0 Å². The molecule has 2 aromatic carbocycles. The molecule has 54 heavy (non-hydrogen) atoms. The van der Waals surface area contributed by atoms with E-state index in [1.807, 2.05) is 12.1 Å². The van der Waals surface area contributed by atoms with Crippen LogP contribution in [0, 0.1) is 0 Å². The van der Waals surface area contributed by atoms with Crippen LogP contribution in [0.15, 0.2) is 52.1 Å². The van der Waals surface area contributed by atoms with Crippen molar-refractivity contribution in [2.75, 3.05) is 32.1 Å². The lowest BCUT2D eigenvalue weighted by molar-refractivity contribution is 0.141. The van der Waals surface area contributed by atoms with E-state index in [4.69, 9.17) is 32.9 Å². The van der Waals surface area contributed by atoms with E-state index in [2.05, 4.69) is 36.9 Å². The van der Waals surface area contributed by atoms with Gasteiger partial charge in [-0.3, -0.25) is 18.8 Å². The molecule has 2 aliphatic heterocycles. The number of aromatic nitrogens is 5. The number of carbonyl (C=O) groups excluding carboxylic acids is 1. The molecule has 2 atom stereocenters. The lowest BCUT2D eigenvalue weighted by atomic mass is 9.93. The zero-order valence-corrected chi connectivity index (χ0v) is 31.0. The minimum atomic E-state index is -3.08. The highest BCUT2D eigenvalue weighted by atomic mass is 35.5. The number of urea groups is 1.